The number of aliphatic hydroxyl groups excluding tert-OH is 2. The Bertz CT molecular complexity index is 405. The summed E-state index contributed by atoms with van der Waals surface area (Å²) in [6, 6.07) is 0. The maximum atomic E-state index is 11.2. The minimum absolute atomic E-state index is 0.0432. The molecule has 0 heterocycles. The van der Waals surface area contributed by atoms with Gasteiger partial charge in [0.1, 0.15) is 17.0 Å². The van der Waals surface area contributed by atoms with E-state index in [0.717, 1.165) is 0 Å². The summed E-state index contributed by atoms with van der Waals surface area (Å²) < 4.78 is 4.53. The summed E-state index contributed by atoms with van der Waals surface area (Å²) >= 11 is 0. The van der Waals surface area contributed by atoms with Gasteiger partial charge in [0.2, 0.25) is 5.78 Å². The van der Waals surface area contributed by atoms with Gasteiger partial charge in [0.05, 0.1) is 6.61 Å². The lowest BCUT2D eigenvalue weighted by Gasteiger charge is -2.13. The molecule has 0 aromatic heterocycles. The molecule has 0 radical (unpaired) electrons. The Morgan fingerprint density at radius 3 is 2.67 bits per heavy atom. The number of nitrogens with one attached hydrogen (secondary N) is 1. The predicted octanol–water partition coefficient (Wildman–Crippen LogP) is 0.406. The Kier molecular flexibility index (Phi) is 2.89. The van der Waals surface area contributed by atoms with E-state index in [0.29, 0.717) is 6.08 Å². The normalized spacial score (nSPS) is 16.5. The van der Waals surface area contributed by atoms with Crippen LogP contribution in [0.4, 0.5) is 0 Å². The average Bonchev–Trinajstić information content (AvgIpc) is 2.16. The monoisotopic (exact) mass is 211 g/mol. The van der Waals surface area contributed by atoms with E-state index in [4.69, 9.17) is 10.5 Å². The van der Waals surface area contributed by atoms with Crippen molar-refractivity contribution in [1.82, 2.24) is 0 Å². The molecule has 0 aromatic rings. The number of rotatable bonds is 2. The lowest BCUT2D eigenvalue weighted by Crippen LogP contribution is -2.25. The highest BCUT2D eigenvalue weighted by molar-refractivity contribution is 6.32. The molecule has 0 fully saturated rings. The van der Waals surface area contributed by atoms with Crippen molar-refractivity contribution in [3.05, 3.63) is 23.2 Å². The fourth-order valence-corrected chi connectivity index (χ4v) is 1.04. The van der Waals surface area contributed by atoms with E-state index in [-0.39, 0.29) is 6.61 Å². The zero-order valence-electron chi connectivity index (χ0n) is 7.90. The maximum Gasteiger partial charge on any atom is 0.344 e. The molecule has 0 atom stereocenters. The molecular weight excluding hydrogens is 202 g/mol. The number of hydrogen-bond donors (Lipinski definition) is 3. The molecule has 0 saturated carbocycles. The maximum absolute atomic E-state index is 11.2. The Morgan fingerprint density at radius 2 is 2.13 bits per heavy atom. The molecule has 1 rings (SSSR count). The number of carbonyl (C=O) groups excluding carboxylic acids is 2. The molecule has 0 aliphatic heterocycles. The Labute approximate surface area is 85.0 Å². The highest BCUT2D eigenvalue weighted by atomic mass is 16.5. The lowest BCUT2D eigenvalue weighted by molar-refractivity contribution is -0.138. The smallest absolute Gasteiger partial charge is 0.344 e. The van der Waals surface area contributed by atoms with E-state index in [1.807, 2.05) is 0 Å². The topological polar surface area (TPSA) is 108 Å². The Hall–Kier alpha value is -2.11. The summed E-state index contributed by atoms with van der Waals surface area (Å²) in [6.45, 7) is 1.58. The molecule has 6 nitrogen and oxygen atoms in total. The van der Waals surface area contributed by atoms with Crippen LogP contribution >= 0.6 is 0 Å². The van der Waals surface area contributed by atoms with Gasteiger partial charge in [0, 0.05) is 6.08 Å². The van der Waals surface area contributed by atoms with Crippen LogP contribution in [0.2, 0.25) is 0 Å². The Morgan fingerprint density at radius 1 is 1.53 bits per heavy atom. The van der Waals surface area contributed by atoms with Crippen LogP contribution in [0.15, 0.2) is 23.2 Å². The molecule has 15 heavy (non-hydrogen) atoms. The molecule has 0 amide bonds. The molecule has 0 aromatic carbocycles. The summed E-state index contributed by atoms with van der Waals surface area (Å²) in [7, 11) is 0. The number of ketones is 1. The van der Waals surface area contributed by atoms with Gasteiger partial charge in [-0.3, -0.25) is 10.2 Å². The van der Waals surface area contributed by atoms with Crippen molar-refractivity contribution in [2.24, 2.45) is 0 Å². The van der Waals surface area contributed by atoms with Gasteiger partial charge in [0.25, 0.3) is 0 Å². The van der Waals surface area contributed by atoms with Gasteiger partial charge in [-0.05, 0) is 6.92 Å². The molecule has 0 saturated heterocycles. The van der Waals surface area contributed by atoms with E-state index in [1.165, 1.54) is 0 Å². The summed E-state index contributed by atoms with van der Waals surface area (Å²) in [5.74, 6) is -3.48. The number of carbonyl (C=O) groups is 2. The van der Waals surface area contributed by atoms with Gasteiger partial charge in [-0.2, -0.15) is 0 Å². The molecule has 0 unspecified atom stereocenters. The first-order valence-electron chi connectivity index (χ1n) is 4.13. The number of aliphatic hydroxyl groups is 2. The number of hydrogen-bond acceptors (Lipinski definition) is 6. The van der Waals surface area contributed by atoms with Crippen LogP contribution in [-0.4, -0.2) is 34.3 Å². The van der Waals surface area contributed by atoms with Crippen LogP contribution < -0.4 is 0 Å². The van der Waals surface area contributed by atoms with Crippen molar-refractivity contribution in [3.63, 3.8) is 0 Å². The number of esters is 1. The second kappa shape index (κ2) is 3.95. The predicted molar refractivity (Wildman–Crippen MR) is 49.7 cm³/mol. The molecule has 0 bridgehead atoms. The quantitative estimate of drug-likeness (QED) is 0.452. The van der Waals surface area contributed by atoms with Crippen molar-refractivity contribution >= 4 is 17.5 Å². The standard InChI is InChI=1S/C9H9NO5/c1-2-15-9(14)6-7(10)4(11)3-5(12)8(6)13/h3,10-11,13H,2H2,1H3. The fraction of sp³-hybridized carbons (Fsp3) is 0.222. The number of ether oxygens (including phenoxy) is 1. The number of allylic oxidation sites excluding steroid dienone is 2. The molecule has 6 heteroatoms. The fourth-order valence-electron chi connectivity index (χ4n) is 1.04. The van der Waals surface area contributed by atoms with Crippen LogP contribution in [0, 0.1) is 5.41 Å². The van der Waals surface area contributed by atoms with Gasteiger partial charge < -0.3 is 14.9 Å². The van der Waals surface area contributed by atoms with E-state index in [1.54, 1.807) is 6.92 Å². The van der Waals surface area contributed by atoms with E-state index in [9.17, 15) is 14.7 Å². The minimum atomic E-state index is -1.01. The zero-order chi connectivity index (χ0) is 11.6. The molecule has 80 valence electrons. The van der Waals surface area contributed by atoms with Crippen LogP contribution in [-0.2, 0) is 14.3 Å². The summed E-state index contributed by atoms with van der Waals surface area (Å²) in [5.41, 5.74) is -1.23. The van der Waals surface area contributed by atoms with Gasteiger partial charge >= 0.3 is 5.97 Å². The third kappa shape index (κ3) is 1.88. The summed E-state index contributed by atoms with van der Waals surface area (Å²) in [5, 5.41) is 25.7. The SMILES string of the molecule is CCOC(=O)C1=C(O)C(=O)C=C(O)C1=N. The second-order valence-corrected chi connectivity index (χ2v) is 2.71. The highest BCUT2D eigenvalue weighted by Gasteiger charge is 2.31. The summed E-state index contributed by atoms with van der Waals surface area (Å²) in [6.07, 6.45) is 0.667. The highest BCUT2D eigenvalue weighted by Crippen LogP contribution is 2.17. The van der Waals surface area contributed by atoms with Gasteiger partial charge in [-0.15, -0.1) is 0 Å². The van der Waals surface area contributed by atoms with Crippen LogP contribution in [0.3, 0.4) is 0 Å². The average molecular weight is 211 g/mol. The molecule has 3 N–H and O–H groups in total. The van der Waals surface area contributed by atoms with Crippen molar-refractivity contribution in [1.29, 1.82) is 5.41 Å². The first-order chi connectivity index (χ1) is 6.99. The zero-order valence-corrected chi connectivity index (χ0v) is 7.90. The van der Waals surface area contributed by atoms with Gasteiger partial charge in [-0.1, -0.05) is 0 Å². The second-order valence-electron chi connectivity index (χ2n) is 2.71. The first kappa shape index (κ1) is 11.0. The van der Waals surface area contributed by atoms with Crippen molar-refractivity contribution in [3.8, 4) is 0 Å². The van der Waals surface area contributed by atoms with Gasteiger partial charge in [0.15, 0.2) is 5.76 Å². The largest absolute Gasteiger partial charge is 0.506 e. The van der Waals surface area contributed by atoms with E-state index < -0.39 is 34.6 Å². The molecule has 0 spiro atoms. The molecule has 1 aliphatic carbocycles. The van der Waals surface area contributed by atoms with Crippen LogP contribution in [0.1, 0.15) is 6.92 Å². The Balaban J connectivity index is 3.14. The summed E-state index contributed by atoms with van der Waals surface area (Å²) in [4.78, 5) is 22.3. The minimum Gasteiger partial charge on any atom is -0.506 e. The third-order valence-corrected chi connectivity index (χ3v) is 1.72. The van der Waals surface area contributed by atoms with Crippen molar-refractivity contribution < 1.29 is 24.5 Å². The lowest BCUT2D eigenvalue weighted by atomic mass is 9.99. The molecule has 1 aliphatic rings. The van der Waals surface area contributed by atoms with Crippen molar-refractivity contribution in [2.45, 2.75) is 6.92 Å². The van der Waals surface area contributed by atoms with E-state index >= 15 is 0 Å². The molecular formula is C9H9NO5. The van der Waals surface area contributed by atoms with Crippen molar-refractivity contribution in [2.75, 3.05) is 6.61 Å². The van der Waals surface area contributed by atoms with E-state index in [2.05, 4.69) is 4.74 Å². The van der Waals surface area contributed by atoms with Crippen LogP contribution in [0.5, 0.6) is 0 Å². The van der Waals surface area contributed by atoms with Crippen LogP contribution in [0.25, 0.3) is 0 Å². The third-order valence-electron chi connectivity index (χ3n) is 1.72. The van der Waals surface area contributed by atoms with Gasteiger partial charge in [-0.25, -0.2) is 4.79 Å². The first-order valence-corrected chi connectivity index (χ1v) is 4.13.